The molecule has 0 aliphatic heterocycles. The number of anilines is 1. The lowest BCUT2D eigenvalue weighted by Gasteiger charge is -2.08. The molecule has 2 heterocycles. The zero-order valence-corrected chi connectivity index (χ0v) is 15.9. The number of benzene rings is 2. The highest BCUT2D eigenvalue weighted by Crippen LogP contribution is 2.31. The van der Waals surface area contributed by atoms with Gasteiger partial charge < -0.3 is 5.32 Å². The van der Waals surface area contributed by atoms with Crippen molar-refractivity contribution in [3.63, 3.8) is 0 Å². The molecule has 0 bridgehead atoms. The molecular weight excluding hydrogens is 382 g/mol. The third-order valence-corrected chi connectivity index (χ3v) is 5.97. The van der Waals surface area contributed by atoms with Crippen molar-refractivity contribution >= 4 is 37.9 Å². The van der Waals surface area contributed by atoms with Crippen LogP contribution in [0, 0.1) is 0 Å². The van der Waals surface area contributed by atoms with Crippen LogP contribution in [0.5, 0.6) is 0 Å². The molecule has 2 aromatic carbocycles. The molecule has 1 N–H and O–H groups in total. The van der Waals surface area contributed by atoms with Gasteiger partial charge in [0.25, 0.3) is 5.91 Å². The first-order valence-corrected chi connectivity index (χ1v) is 10.8. The number of fused-ring (bicyclic) bond motifs is 1. The van der Waals surface area contributed by atoms with Crippen molar-refractivity contribution in [1.29, 1.82) is 0 Å². The van der Waals surface area contributed by atoms with Crippen LogP contribution < -0.4 is 5.32 Å². The van der Waals surface area contributed by atoms with Gasteiger partial charge in [-0.25, -0.2) is 13.4 Å². The summed E-state index contributed by atoms with van der Waals surface area (Å²) in [6, 6.07) is 15.5. The van der Waals surface area contributed by atoms with Gasteiger partial charge in [-0.3, -0.25) is 9.20 Å². The molecular formula is C19H15N3O3S2. The Labute approximate surface area is 160 Å². The molecule has 0 aliphatic carbocycles. The number of carbonyl (C=O) groups excluding carboxylic acids is 1. The lowest BCUT2D eigenvalue weighted by Crippen LogP contribution is -2.14. The number of nitrogens with zero attached hydrogens (tertiary/aromatic N) is 2. The number of imidazole rings is 1. The molecule has 4 aromatic rings. The van der Waals surface area contributed by atoms with Crippen LogP contribution in [-0.4, -0.2) is 30.0 Å². The number of hydrogen-bond acceptors (Lipinski definition) is 5. The van der Waals surface area contributed by atoms with E-state index in [1.54, 1.807) is 0 Å². The predicted molar refractivity (Wildman–Crippen MR) is 106 cm³/mol. The molecule has 1 amide bonds. The van der Waals surface area contributed by atoms with E-state index in [4.69, 9.17) is 0 Å². The fraction of sp³-hybridized carbons (Fsp3) is 0.0526. The normalized spacial score (nSPS) is 11.6. The second-order valence-electron chi connectivity index (χ2n) is 5.98. The number of sulfone groups is 1. The molecule has 0 saturated carbocycles. The molecule has 0 fully saturated rings. The molecule has 4 rings (SSSR count). The zero-order valence-electron chi connectivity index (χ0n) is 14.3. The highest BCUT2D eigenvalue weighted by atomic mass is 32.2. The van der Waals surface area contributed by atoms with Gasteiger partial charge in [0.2, 0.25) is 0 Å². The quantitative estimate of drug-likeness (QED) is 0.569. The minimum Gasteiger partial charge on any atom is -0.306 e. The number of hydrogen-bond donors (Lipinski definition) is 1. The van der Waals surface area contributed by atoms with Gasteiger partial charge in [-0.1, -0.05) is 30.3 Å². The SMILES string of the molecule is CS(=O)(=O)c1ccc(C(=O)Nc2c(-c3ccccc3)nc3sccn23)cc1. The van der Waals surface area contributed by atoms with Crippen molar-refractivity contribution in [2.45, 2.75) is 4.90 Å². The van der Waals surface area contributed by atoms with Crippen molar-refractivity contribution in [3.8, 4) is 11.3 Å². The second-order valence-corrected chi connectivity index (χ2v) is 8.87. The van der Waals surface area contributed by atoms with Crippen LogP contribution in [-0.2, 0) is 9.84 Å². The van der Waals surface area contributed by atoms with E-state index in [2.05, 4.69) is 10.3 Å². The molecule has 136 valence electrons. The lowest BCUT2D eigenvalue weighted by molar-refractivity contribution is 0.102. The van der Waals surface area contributed by atoms with Crippen LogP contribution in [0.15, 0.2) is 71.1 Å². The van der Waals surface area contributed by atoms with Crippen molar-refractivity contribution in [1.82, 2.24) is 9.38 Å². The predicted octanol–water partition coefficient (Wildman–Crippen LogP) is 3.72. The highest BCUT2D eigenvalue weighted by molar-refractivity contribution is 7.90. The standard InChI is InChI=1S/C19H15N3O3S2/c1-27(24,25)15-9-7-14(8-10-15)18(23)21-17-16(13-5-3-2-4-6-13)20-19-22(17)11-12-26-19/h2-12H,1H3,(H,21,23). The lowest BCUT2D eigenvalue weighted by atomic mass is 10.1. The maximum Gasteiger partial charge on any atom is 0.256 e. The van der Waals surface area contributed by atoms with Crippen molar-refractivity contribution in [2.75, 3.05) is 11.6 Å². The minimum absolute atomic E-state index is 0.175. The van der Waals surface area contributed by atoms with Crippen LogP contribution in [0.1, 0.15) is 10.4 Å². The largest absolute Gasteiger partial charge is 0.306 e. The van der Waals surface area contributed by atoms with E-state index in [1.165, 1.54) is 35.6 Å². The first-order chi connectivity index (χ1) is 12.9. The summed E-state index contributed by atoms with van der Waals surface area (Å²) in [6.07, 6.45) is 2.98. The summed E-state index contributed by atoms with van der Waals surface area (Å²) in [4.78, 5) is 18.3. The smallest absolute Gasteiger partial charge is 0.256 e. The summed E-state index contributed by atoms with van der Waals surface area (Å²) in [5, 5.41) is 4.81. The van der Waals surface area contributed by atoms with Gasteiger partial charge in [-0.05, 0) is 24.3 Å². The van der Waals surface area contributed by atoms with E-state index in [-0.39, 0.29) is 10.8 Å². The summed E-state index contributed by atoms with van der Waals surface area (Å²) < 4.78 is 25.0. The van der Waals surface area contributed by atoms with Crippen molar-refractivity contribution in [2.24, 2.45) is 0 Å². The average Bonchev–Trinajstić information content (AvgIpc) is 3.24. The van der Waals surface area contributed by atoms with Gasteiger partial charge >= 0.3 is 0 Å². The molecule has 0 radical (unpaired) electrons. The molecule has 0 unspecified atom stereocenters. The van der Waals surface area contributed by atoms with Crippen LogP contribution in [0.3, 0.4) is 0 Å². The van der Waals surface area contributed by atoms with E-state index in [9.17, 15) is 13.2 Å². The number of thiazole rings is 1. The van der Waals surface area contributed by atoms with Crippen LogP contribution in [0.25, 0.3) is 16.2 Å². The highest BCUT2D eigenvalue weighted by Gasteiger charge is 2.18. The maximum absolute atomic E-state index is 12.7. The van der Waals surface area contributed by atoms with Gasteiger partial charge in [0.1, 0.15) is 11.5 Å². The van der Waals surface area contributed by atoms with Crippen molar-refractivity contribution < 1.29 is 13.2 Å². The van der Waals surface area contributed by atoms with Crippen LogP contribution >= 0.6 is 11.3 Å². The number of amides is 1. The first-order valence-electron chi connectivity index (χ1n) is 8.06. The molecule has 27 heavy (non-hydrogen) atoms. The molecule has 2 aromatic heterocycles. The Morgan fingerprint density at radius 1 is 1.07 bits per heavy atom. The Kier molecular flexibility index (Phi) is 4.29. The van der Waals surface area contributed by atoms with E-state index >= 15 is 0 Å². The topological polar surface area (TPSA) is 80.5 Å². The number of nitrogens with one attached hydrogen (secondary N) is 1. The Morgan fingerprint density at radius 3 is 2.44 bits per heavy atom. The van der Waals surface area contributed by atoms with Crippen molar-refractivity contribution in [3.05, 3.63) is 71.7 Å². The van der Waals surface area contributed by atoms with E-state index in [0.29, 0.717) is 17.1 Å². The molecule has 0 spiro atoms. The summed E-state index contributed by atoms with van der Waals surface area (Å²) >= 11 is 1.48. The fourth-order valence-electron chi connectivity index (χ4n) is 2.74. The van der Waals surface area contributed by atoms with E-state index < -0.39 is 9.84 Å². The monoisotopic (exact) mass is 397 g/mol. The third-order valence-electron chi connectivity index (χ3n) is 4.09. The Morgan fingerprint density at radius 2 is 1.78 bits per heavy atom. The summed E-state index contributed by atoms with van der Waals surface area (Å²) in [5.41, 5.74) is 1.95. The first kappa shape index (κ1) is 17.4. The maximum atomic E-state index is 12.7. The summed E-state index contributed by atoms with van der Waals surface area (Å²) in [5.74, 6) is 0.245. The van der Waals surface area contributed by atoms with Gasteiger partial charge in [0, 0.05) is 29.0 Å². The molecule has 0 atom stereocenters. The van der Waals surface area contributed by atoms with E-state index in [0.717, 1.165) is 16.8 Å². The summed E-state index contributed by atoms with van der Waals surface area (Å²) in [6.45, 7) is 0. The fourth-order valence-corrected chi connectivity index (χ4v) is 4.08. The average molecular weight is 397 g/mol. The van der Waals surface area contributed by atoms with E-state index in [1.807, 2.05) is 46.3 Å². The second kappa shape index (κ2) is 6.64. The van der Waals surface area contributed by atoms with Crippen LogP contribution in [0.4, 0.5) is 5.82 Å². The number of aromatic nitrogens is 2. The molecule has 8 heteroatoms. The zero-order chi connectivity index (χ0) is 19.0. The molecule has 0 aliphatic rings. The number of rotatable bonds is 4. The van der Waals surface area contributed by atoms with Gasteiger partial charge in [-0.15, -0.1) is 11.3 Å². The van der Waals surface area contributed by atoms with Gasteiger partial charge in [0.05, 0.1) is 4.90 Å². The summed E-state index contributed by atoms with van der Waals surface area (Å²) in [7, 11) is -3.30. The molecule has 0 saturated heterocycles. The number of carbonyl (C=O) groups is 1. The Balaban J connectivity index is 1.71. The van der Waals surface area contributed by atoms with Gasteiger partial charge in [-0.2, -0.15) is 0 Å². The Bertz CT molecular complexity index is 1220. The minimum atomic E-state index is -3.30. The molecule has 6 nitrogen and oxygen atoms in total. The van der Waals surface area contributed by atoms with Gasteiger partial charge in [0.15, 0.2) is 14.8 Å². The third kappa shape index (κ3) is 3.36. The van der Waals surface area contributed by atoms with Crippen LogP contribution in [0.2, 0.25) is 0 Å². The Hall–Kier alpha value is -2.97.